The van der Waals surface area contributed by atoms with Crippen molar-refractivity contribution in [2.24, 2.45) is 5.92 Å². The van der Waals surface area contributed by atoms with Crippen LogP contribution in [0.2, 0.25) is 0 Å². The van der Waals surface area contributed by atoms with E-state index in [0.29, 0.717) is 5.25 Å². The smallest absolute Gasteiger partial charge is 0.0560 e. The Hall–Kier alpha value is -0.830. The first-order chi connectivity index (χ1) is 8.20. The molecule has 1 saturated carbocycles. The zero-order valence-electron chi connectivity index (χ0n) is 10.4. The summed E-state index contributed by atoms with van der Waals surface area (Å²) in [5, 5.41) is 0.349. The van der Waals surface area contributed by atoms with Crippen LogP contribution >= 0.6 is 0 Å². The third kappa shape index (κ3) is 3.09. The molecule has 0 aliphatic heterocycles. The Labute approximate surface area is 106 Å². The van der Waals surface area contributed by atoms with Crippen LogP contribution in [-0.2, 0) is 10.8 Å². The maximum absolute atomic E-state index is 12.4. The highest BCUT2D eigenvalue weighted by Crippen LogP contribution is 2.31. The van der Waals surface area contributed by atoms with Crippen LogP contribution in [0.25, 0.3) is 0 Å². The Morgan fingerprint density at radius 3 is 2.29 bits per heavy atom. The Morgan fingerprint density at radius 2 is 1.76 bits per heavy atom. The molecule has 2 N–H and O–H groups in total. The predicted molar refractivity (Wildman–Crippen MR) is 73.3 cm³/mol. The molecule has 1 aliphatic rings. The average molecular weight is 251 g/mol. The third-order valence-corrected chi connectivity index (χ3v) is 5.60. The third-order valence-electron chi connectivity index (χ3n) is 3.79. The summed E-state index contributed by atoms with van der Waals surface area (Å²) in [7, 11) is -0.851. The average Bonchev–Trinajstić information content (AvgIpc) is 2.39. The first-order valence-electron chi connectivity index (χ1n) is 6.46. The molecule has 1 atom stereocenters. The van der Waals surface area contributed by atoms with Gasteiger partial charge in [0.2, 0.25) is 0 Å². The second kappa shape index (κ2) is 5.67. The molecule has 1 aromatic carbocycles. The van der Waals surface area contributed by atoms with Crippen molar-refractivity contribution in [2.75, 3.05) is 5.73 Å². The van der Waals surface area contributed by atoms with E-state index in [1.807, 2.05) is 24.3 Å². The fourth-order valence-corrected chi connectivity index (χ4v) is 4.04. The van der Waals surface area contributed by atoms with Crippen LogP contribution < -0.4 is 5.73 Å². The first-order valence-corrected chi connectivity index (χ1v) is 7.68. The highest BCUT2D eigenvalue weighted by molar-refractivity contribution is 7.85. The maximum atomic E-state index is 12.4. The summed E-state index contributed by atoms with van der Waals surface area (Å²) in [4.78, 5) is 0.930. The zero-order valence-corrected chi connectivity index (χ0v) is 11.2. The number of nitrogen functional groups attached to an aromatic ring is 1. The lowest BCUT2D eigenvalue weighted by atomic mass is 9.87. The SMILES string of the molecule is CCC1CCC(S(=O)c2ccc(N)cc2)CC1. The van der Waals surface area contributed by atoms with E-state index in [9.17, 15) is 4.21 Å². The minimum absolute atomic E-state index is 0.349. The van der Waals surface area contributed by atoms with E-state index in [1.165, 1.54) is 19.3 Å². The van der Waals surface area contributed by atoms with Gasteiger partial charge in [-0.05, 0) is 55.9 Å². The zero-order chi connectivity index (χ0) is 12.3. The van der Waals surface area contributed by atoms with Crippen LogP contribution in [0, 0.1) is 5.92 Å². The Morgan fingerprint density at radius 1 is 1.18 bits per heavy atom. The van der Waals surface area contributed by atoms with Gasteiger partial charge in [0.25, 0.3) is 0 Å². The molecule has 2 rings (SSSR count). The fourth-order valence-electron chi connectivity index (χ4n) is 2.55. The molecule has 0 heterocycles. The molecule has 1 fully saturated rings. The Balaban J connectivity index is 1.99. The van der Waals surface area contributed by atoms with E-state index < -0.39 is 10.8 Å². The van der Waals surface area contributed by atoms with E-state index in [-0.39, 0.29) is 0 Å². The van der Waals surface area contributed by atoms with E-state index in [4.69, 9.17) is 5.73 Å². The van der Waals surface area contributed by atoms with Gasteiger partial charge in [-0.3, -0.25) is 4.21 Å². The summed E-state index contributed by atoms with van der Waals surface area (Å²) in [5.74, 6) is 0.856. The molecule has 94 valence electrons. The monoisotopic (exact) mass is 251 g/mol. The summed E-state index contributed by atoms with van der Waals surface area (Å²) in [5.41, 5.74) is 6.38. The fraction of sp³-hybridized carbons (Fsp3) is 0.571. The van der Waals surface area contributed by atoms with E-state index in [2.05, 4.69) is 6.92 Å². The van der Waals surface area contributed by atoms with Crippen molar-refractivity contribution in [3.05, 3.63) is 24.3 Å². The van der Waals surface area contributed by atoms with Gasteiger partial charge in [0, 0.05) is 15.8 Å². The molecular weight excluding hydrogens is 230 g/mol. The van der Waals surface area contributed by atoms with Crippen molar-refractivity contribution < 1.29 is 4.21 Å². The molecule has 0 spiro atoms. The van der Waals surface area contributed by atoms with E-state index >= 15 is 0 Å². The van der Waals surface area contributed by atoms with Gasteiger partial charge < -0.3 is 5.73 Å². The van der Waals surface area contributed by atoms with Gasteiger partial charge in [-0.1, -0.05) is 13.3 Å². The molecule has 1 unspecified atom stereocenters. The number of rotatable bonds is 3. The van der Waals surface area contributed by atoms with Crippen LogP contribution in [0.15, 0.2) is 29.2 Å². The van der Waals surface area contributed by atoms with Gasteiger partial charge >= 0.3 is 0 Å². The van der Waals surface area contributed by atoms with Crippen molar-refractivity contribution >= 4 is 16.5 Å². The molecule has 0 aromatic heterocycles. The Kier molecular flexibility index (Phi) is 4.21. The molecule has 0 bridgehead atoms. The highest BCUT2D eigenvalue weighted by Gasteiger charge is 2.25. The molecule has 1 aromatic rings. The van der Waals surface area contributed by atoms with Gasteiger partial charge in [-0.25, -0.2) is 0 Å². The number of benzene rings is 1. The lowest BCUT2D eigenvalue weighted by Crippen LogP contribution is -2.22. The van der Waals surface area contributed by atoms with Crippen LogP contribution in [0.4, 0.5) is 5.69 Å². The van der Waals surface area contributed by atoms with Crippen molar-refractivity contribution in [1.82, 2.24) is 0 Å². The van der Waals surface area contributed by atoms with Gasteiger partial charge in [0.1, 0.15) is 0 Å². The molecule has 0 radical (unpaired) electrons. The second-order valence-electron chi connectivity index (χ2n) is 4.92. The molecular formula is C14H21NOS. The van der Waals surface area contributed by atoms with Crippen molar-refractivity contribution in [3.8, 4) is 0 Å². The van der Waals surface area contributed by atoms with E-state index in [0.717, 1.165) is 29.3 Å². The molecule has 0 amide bonds. The normalized spacial score (nSPS) is 26.6. The predicted octanol–water partition coefficient (Wildman–Crippen LogP) is 3.35. The quantitative estimate of drug-likeness (QED) is 0.837. The van der Waals surface area contributed by atoms with Gasteiger partial charge in [-0.2, -0.15) is 0 Å². The topological polar surface area (TPSA) is 43.1 Å². The minimum atomic E-state index is -0.851. The van der Waals surface area contributed by atoms with Crippen LogP contribution in [-0.4, -0.2) is 9.46 Å². The van der Waals surface area contributed by atoms with Crippen LogP contribution in [0.1, 0.15) is 39.0 Å². The number of hydrogen-bond donors (Lipinski definition) is 1. The highest BCUT2D eigenvalue weighted by atomic mass is 32.2. The molecule has 2 nitrogen and oxygen atoms in total. The second-order valence-corrected chi connectivity index (χ2v) is 6.65. The van der Waals surface area contributed by atoms with Crippen LogP contribution in [0.3, 0.4) is 0 Å². The standard InChI is InChI=1S/C14H21NOS/c1-2-11-3-7-13(8-4-11)17(16)14-9-5-12(15)6-10-14/h5-6,9-11,13H,2-4,7-8,15H2,1H3. The lowest BCUT2D eigenvalue weighted by Gasteiger charge is -2.27. The minimum Gasteiger partial charge on any atom is -0.399 e. The van der Waals surface area contributed by atoms with Crippen molar-refractivity contribution in [3.63, 3.8) is 0 Å². The molecule has 3 heteroatoms. The van der Waals surface area contributed by atoms with Gasteiger partial charge in [0.15, 0.2) is 0 Å². The van der Waals surface area contributed by atoms with Gasteiger partial charge in [-0.15, -0.1) is 0 Å². The summed E-state index contributed by atoms with van der Waals surface area (Å²) >= 11 is 0. The molecule has 0 saturated heterocycles. The lowest BCUT2D eigenvalue weighted by molar-refractivity contribution is 0.353. The van der Waals surface area contributed by atoms with Crippen molar-refractivity contribution in [1.29, 1.82) is 0 Å². The van der Waals surface area contributed by atoms with Crippen LogP contribution in [0.5, 0.6) is 0 Å². The Bertz CT molecular complexity index is 380. The van der Waals surface area contributed by atoms with Crippen molar-refractivity contribution in [2.45, 2.75) is 49.2 Å². The van der Waals surface area contributed by atoms with Gasteiger partial charge in [0.05, 0.1) is 10.8 Å². The molecule has 17 heavy (non-hydrogen) atoms. The summed E-state index contributed by atoms with van der Waals surface area (Å²) in [6.07, 6.45) is 5.95. The maximum Gasteiger partial charge on any atom is 0.0560 e. The largest absolute Gasteiger partial charge is 0.399 e. The summed E-state index contributed by atoms with van der Waals surface area (Å²) in [6, 6.07) is 7.48. The first kappa shape index (κ1) is 12.6. The number of anilines is 1. The summed E-state index contributed by atoms with van der Waals surface area (Å²) < 4.78 is 12.4. The molecule has 1 aliphatic carbocycles. The van der Waals surface area contributed by atoms with E-state index in [1.54, 1.807) is 0 Å². The number of hydrogen-bond acceptors (Lipinski definition) is 2. The summed E-state index contributed by atoms with van der Waals surface area (Å²) in [6.45, 7) is 2.25. The number of nitrogens with two attached hydrogens (primary N) is 1.